The monoisotopic (exact) mass is 372 g/mol. The molecule has 0 aliphatic carbocycles. The van der Waals surface area contributed by atoms with Crippen molar-refractivity contribution in [3.8, 4) is 0 Å². The second kappa shape index (κ2) is 7.93. The Hall–Kier alpha value is -2.65. The zero-order valence-corrected chi connectivity index (χ0v) is 16.4. The Kier molecular flexibility index (Phi) is 5.62. The van der Waals surface area contributed by atoms with Crippen LogP contribution in [-0.4, -0.2) is 63.6 Å². The summed E-state index contributed by atoms with van der Waals surface area (Å²) >= 11 is 0. The molecule has 1 atom stereocenters. The molecule has 1 fully saturated rings. The van der Waals surface area contributed by atoms with Gasteiger partial charge in [0, 0.05) is 58.0 Å². The van der Waals surface area contributed by atoms with Crippen LogP contribution >= 0.6 is 0 Å². The lowest BCUT2D eigenvalue weighted by Crippen LogP contribution is -2.48. The first-order valence-electron chi connectivity index (χ1n) is 9.34. The van der Waals surface area contributed by atoms with Crippen molar-refractivity contribution in [2.45, 2.75) is 26.8 Å². The van der Waals surface area contributed by atoms with Gasteiger partial charge in [-0.3, -0.25) is 4.79 Å². The summed E-state index contributed by atoms with van der Waals surface area (Å²) < 4.78 is 1.65. The van der Waals surface area contributed by atoms with Gasteiger partial charge in [0.15, 0.2) is 5.65 Å². The van der Waals surface area contributed by atoms with Gasteiger partial charge in [-0.2, -0.15) is 9.61 Å². The number of nitrogens with one attached hydrogen (secondary N) is 2. The number of nitrogens with zero attached hydrogens (tertiary/aromatic N) is 5. The van der Waals surface area contributed by atoms with E-state index < -0.39 is 0 Å². The summed E-state index contributed by atoms with van der Waals surface area (Å²) in [5, 5.41) is 9.62. The quantitative estimate of drug-likeness (QED) is 0.710. The topological polar surface area (TPSA) is 104 Å². The number of nitrogen functional groups attached to an aromatic ring is 1. The molecule has 0 aromatic carbocycles. The second-order valence-electron chi connectivity index (χ2n) is 6.43. The highest BCUT2D eigenvalue weighted by atomic mass is 16.2. The van der Waals surface area contributed by atoms with E-state index in [0.29, 0.717) is 31.1 Å². The van der Waals surface area contributed by atoms with E-state index in [0.717, 1.165) is 23.4 Å². The van der Waals surface area contributed by atoms with E-state index in [4.69, 9.17) is 10.7 Å². The Bertz CT molecular complexity index is 858. The predicted molar refractivity (Wildman–Crippen MR) is 105 cm³/mol. The summed E-state index contributed by atoms with van der Waals surface area (Å²) in [6, 6.07) is 1.68. The molecule has 2 aromatic heterocycles. The maximum Gasteiger partial charge on any atom is 0.220 e. The van der Waals surface area contributed by atoms with Gasteiger partial charge in [0.2, 0.25) is 5.91 Å². The SMILES string of the molecule is CC.CC(=O)N1CCNCC1c1cc(N)n2ncc(C3=CN(C)NC3)c2n1. The molecule has 4 rings (SSSR count). The van der Waals surface area contributed by atoms with Crippen LogP contribution < -0.4 is 16.5 Å². The largest absolute Gasteiger partial charge is 0.384 e. The van der Waals surface area contributed by atoms with Crippen molar-refractivity contribution in [1.82, 2.24) is 35.2 Å². The average molecular weight is 372 g/mol. The minimum absolute atomic E-state index is 0.0461. The highest BCUT2D eigenvalue weighted by Crippen LogP contribution is 2.27. The number of hydrogen-bond donors (Lipinski definition) is 3. The molecule has 27 heavy (non-hydrogen) atoms. The molecule has 4 heterocycles. The van der Waals surface area contributed by atoms with Crippen LogP contribution in [0.3, 0.4) is 0 Å². The fourth-order valence-electron chi connectivity index (χ4n) is 3.45. The molecule has 1 saturated heterocycles. The molecule has 9 nitrogen and oxygen atoms in total. The zero-order chi connectivity index (χ0) is 19.6. The van der Waals surface area contributed by atoms with Gasteiger partial charge in [-0.05, 0) is 5.57 Å². The number of aromatic nitrogens is 3. The van der Waals surface area contributed by atoms with Gasteiger partial charge in [0.25, 0.3) is 0 Å². The lowest BCUT2D eigenvalue weighted by atomic mass is 10.1. The number of hydrazine groups is 1. The number of fused-ring (bicyclic) bond motifs is 1. The van der Waals surface area contributed by atoms with E-state index >= 15 is 0 Å². The fraction of sp³-hybridized carbons (Fsp3) is 0.500. The summed E-state index contributed by atoms with van der Waals surface area (Å²) in [6.45, 7) is 8.43. The molecule has 9 heteroatoms. The highest BCUT2D eigenvalue weighted by molar-refractivity contribution is 5.78. The predicted octanol–water partition coefficient (Wildman–Crippen LogP) is 0.621. The van der Waals surface area contributed by atoms with Crippen LogP contribution in [0.4, 0.5) is 5.82 Å². The van der Waals surface area contributed by atoms with Gasteiger partial charge >= 0.3 is 0 Å². The van der Waals surface area contributed by atoms with E-state index in [1.807, 2.05) is 43.1 Å². The lowest BCUT2D eigenvalue weighted by Gasteiger charge is -2.35. The molecule has 0 bridgehead atoms. The third-order valence-corrected chi connectivity index (χ3v) is 4.72. The first kappa shape index (κ1) is 19.1. The van der Waals surface area contributed by atoms with Crippen molar-refractivity contribution < 1.29 is 4.79 Å². The standard InChI is InChI=1S/C16H22N8O.C2H6/c1-10(25)23-4-3-18-8-14(23)13-5-15(17)24-16(21-13)12(7-20-24)11-6-19-22(2)9-11;1-2/h5,7,9,14,18-19H,3-4,6,8,17H2,1-2H3;1-2H3. The summed E-state index contributed by atoms with van der Waals surface area (Å²) in [4.78, 5) is 18.7. The maximum absolute atomic E-state index is 12.0. The smallest absolute Gasteiger partial charge is 0.220 e. The number of carbonyl (C=O) groups is 1. The number of rotatable bonds is 2. The third kappa shape index (κ3) is 3.60. The van der Waals surface area contributed by atoms with Gasteiger partial charge in [-0.15, -0.1) is 0 Å². The van der Waals surface area contributed by atoms with Crippen LogP contribution in [0.15, 0.2) is 18.5 Å². The Morgan fingerprint density at radius 2 is 2.15 bits per heavy atom. The average Bonchev–Trinajstić information content (AvgIpc) is 3.29. The third-order valence-electron chi connectivity index (χ3n) is 4.72. The van der Waals surface area contributed by atoms with E-state index in [1.165, 1.54) is 0 Å². The van der Waals surface area contributed by atoms with Gasteiger partial charge in [0.05, 0.1) is 17.9 Å². The second-order valence-corrected chi connectivity index (χ2v) is 6.43. The molecule has 0 saturated carbocycles. The van der Waals surface area contributed by atoms with Gasteiger partial charge in [-0.1, -0.05) is 13.8 Å². The molecule has 146 valence electrons. The lowest BCUT2D eigenvalue weighted by molar-refractivity contribution is -0.132. The molecular formula is C18H28N8O. The molecule has 2 aromatic rings. The Morgan fingerprint density at radius 1 is 1.37 bits per heavy atom. The zero-order valence-electron chi connectivity index (χ0n) is 16.4. The van der Waals surface area contributed by atoms with Gasteiger partial charge in [0.1, 0.15) is 5.82 Å². The molecule has 1 amide bonds. The number of carbonyl (C=O) groups excluding carboxylic acids is 1. The number of anilines is 1. The Balaban J connectivity index is 0.00000102. The number of hydrogen-bond acceptors (Lipinski definition) is 7. The van der Waals surface area contributed by atoms with Crippen molar-refractivity contribution in [1.29, 1.82) is 0 Å². The molecule has 1 unspecified atom stereocenters. The van der Waals surface area contributed by atoms with Gasteiger partial charge in [-0.25, -0.2) is 10.4 Å². The van der Waals surface area contributed by atoms with Crippen molar-refractivity contribution >= 4 is 22.9 Å². The minimum atomic E-state index is -0.125. The van der Waals surface area contributed by atoms with Crippen LogP contribution in [0.25, 0.3) is 11.2 Å². The Morgan fingerprint density at radius 3 is 2.81 bits per heavy atom. The fourth-order valence-corrected chi connectivity index (χ4v) is 3.45. The summed E-state index contributed by atoms with van der Waals surface area (Å²) in [5.74, 6) is 0.560. The number of amides is 1. The van der Waals surface area contributed by atoms with Crippen molar-refractivity contribution in [2.24, 2.45) is 0 Å². The molecule has 0 radical (unpaired) electrons. The van der Waals surface area contributed by atoms with E-state index in [1.54, 1.807) is 17.6 Å². The maximum atomic E-state index is 12.0. The van der Waals surface area contributed by atoms with E-state index in [2.05, 4.69) is 15.8 Å². The molecular weight excluding hydrogens is 344 g/mol. The molecule has 2 aliphatic heterocycles. The summed E-state index contributed by atoms with van der Waals surface area (Å²) in [5.41, 5.74) is 13.0. The first-order valence-corrected chi connectivity index (χ1v) is 9.34. The van der Waals surface area contributed by atoms with Crippen molar-refractivity contribution in [3.05, 3.63) is 29.7 Å². The summed E-state index contributed by atoms with van der Waals surface area (Å²) in [6.07, 6.45) is 3.81. The Labute approximate surface area is 159 Å². The first-order chi connectivity index (χ1) is 13.0. The van der Waals surface area contributed by atoms with E-state index in [9.17, 15) is 4.79 Å². The van der Waals surface area contributed by atoms with Crippen molar-refractivity contribution in [2.75, 3.05) is 39.0 Å². The highest BCUT2D eigenvalue weighted by Gasteiger charge is 2.28. The molecule has 2 aliphatic rings. The van der Waals surface area contributed by atoms with Crippen LogP contribution in [0.2, 0.25) is 0 Å². The van der Waals surface area contributed by atoms with Crippen LogP contribution in [0, 0.1) is 0 Å². The van der Waals surface area contributed by atoms with Crippen molar-refractivity contribution in [3.63, 3.8) is 0 Å². The van der Waals surface area contributed by atoms with Crippen LogP contribution in [-0.2, 0) is 4.79 Å². The van der Waals surface area contributed by atoms with Crippen LogP contribution in [0.5, 0.6) is 0 Å². The molecule has 0 spiro atoms. The van der Waals surface area contributed by atoms with E-state index in [-0.39, 0.29) is 11.9 Å². The molecule has 4 N–H and O–H groups in total. The number of piperazine rings is 1. The van der Waals surface area contributed by atoms with Crippen LogP contribution in [0.1, 0.15) is 38.1 Å². The summed E-state index contributed by atoms with van der Waals surface area (Å²) in [7, 11) is 1.95. The normalized spacial score (nSPS) is 19.7. The van der Waals surface area contributed by atoms with Gasteiger partial charge < -0.3 is 21.0 Å². The minimum Gasteiger partial charge on any atom is -0.384 e. The number of nitrogens with two attached hydrogens (primary N) is 1.